The molecule has 3 aromatic carbocycles. The van der Waals surface area contributed by atoms with Crippen LogP contribution in [0.25, 0.3) is 0 Å². The number of unbranched alkanes of at least 4 members (excludes halogenated alkanes) is 1. The summed E-state index contributed by atoms with van der Waals surface area (Å²) in [7, 11) is -4.22. The average molecular weight is 653 g/mol. The lowest BCUT2D eigenvalue weighted by molar-refractivity contribution is -0.140. The Morgan fingerprint density at radius 1 is 0.929 bits per heavy atom. The molecule has 1 N–H and O–H groups in total. The second-order valence-electron chi connectivity index (χ2n) is 10.0. The minimum Gasteiger partial charge on any atom is -0.354 e. The second kappa shape index (κ2) is 15.1. The van der Waals surface area contributed by atoms with E-state index in [-0.39, 0.29) is 29.5 Å². The fraction of sp³-hybridized carbons (Fsp3) is 0.355. The normalized spacial score (nSPS) is 12.1. The Bertz CT molecular complexity index is 1490. The Kier molecular flexibility index (Phi) is 12.1. The zero-order valence-electron chi connectivity index (χ0n) is 24.2. The highest BCUT2D eigenvalue weighted by Crippen LogP contribution is 2.31. The van der Waals surface area contributed by atoms with E-state index in [1.807, 2.05) is 13.8 Å². The number of hydrogen-bond donors (Lipinski definition) is 1. The van der Waals surface area contributed by atoms with Gasteiger partial charge in [-0.1, -0.05) is 84.9 Å². The molecule has 42 heavy (non-hydrogen) atoms. The molecule has 3 aromatic rings. The monoisotopic (exact) mass is 651 g/mol. The van der Waals surface area contributed by atoms with E-state index in [1.54, 1.807) is 56.3 Å². The van der Waals surface area contributed by atoms with Gasteiger partial charge >= 0.3 is 0 Å². The maximum Gasteiger partial charge on any atom is 0.264 e. The van der Waals surface area contributed by atoms with Crippen LogP contribution in [0.3, 0.4) is 0 Å². The number of anilines is 1. The van der Waals surface area contributed by atoms with Crippen LogP contribution in [0.2, 0.25) is 15.1 Å². The van der Waals surface area contributed by atoms with E-state index in [2.05, 4.69) is 5.32 Å². The molecule has 7 nitrogen and oxygen atoms in total. The van der Waals surface area contributed by atoms with E-state index >= 15 is 0 Å². The lowest BCUT2D eigenvalue weighted by Gasteiger charge is -2.34. The molecule has 0 saturated heterocycles. The number of amides is 2. The molecule has 0 fully saturated rings. The van der Waals surface area contributed by atoms with Crippen LogP contribution in [-0.2, 0) is 26.2 Å². The molecule has 0 aliphatic rings. The Hall–Kier alpha value is -2.78. The summed E-state index contributed by atoms with van der Waals surface area (Å²) in [4.78, 5) is 28.9. The maximum atomic E-state index is 14.2. The van der Waals surface area contributed by atoms with Crippen molar-refractivity contribution in [2.24, 2.45) is 0 Å². The molecule has 0 aliphatic carbocycles. The van der Waals surface area contributed by atoms with Crippen LogP contribution in [0.15, 0.2) is 65.6 Å². The van der Waals surface area contributed by atoms with Gasteiger partial charge in [-0.3, -0.25) is 13.9 Å². The number of rotatable bonds is 13. The molecule has 3 rings (SSSR count). The molecule has 0 aromatic heterocycles. The van der Waals surface area contributed by atoms with Crippen molar-refractivity contribution in [2.75, 3.05) is 17.4 Å². The highest BCUT2D eigenvalue weighted by atomic mass is 35.5. The van der Waals surface area contributed by atoms with Gasteiger partial charge in [0, 0.05) is 33.7 Å². The van der Waals surface area contributed by atoms with Crippen LogP contribution in [0, 0.1) is 13.8 Å². The zero-order chi connectivity index (χ0) is 31.0. The number of carbonyl (C=O) groups is 2. The van der Waals surface area contributed by atoms with Crippen molar-refractivity contribution in [1.82, 2.24) is 10.2 Å². The molecular weight excluding hydrogens is 617 g/mol. The number of sulfonamides is 1. The van der Waals surface area contributed by atoms with Crippen LogP contribution >= 0.6 is 34.8 Å². The first-order chi connectivity index (χ1) is 19.9. The summed E-state index contributed by atoms with van der Waals surface area (Å²) in [5.74, 6) is -0.937. The van der Waals surface area contributed by atoms with Crippen molar-refractivity contribution in [1.29, 1.82) is 0 Å². The first-order valence-electron chi connectivity index (χ1n) is 13.8. The molecule has 0 bridgehead atoms. The molecule has 0 radical (unpaired) electrons. The summed E-state index contributed by atoms with van der Waals surface area (Å²) in [6.45, 7) is 7.18. The third-order valence-corrected chi connectivity index (χ3v) is 9.65. The van der Waals surface area contributed by atoms with Gasteiger partial charge in [-0.15, -0.1) is 0 Å². The smallest absolute Gasteiger partial charge is 0.264 e. The Labute approximate surface area is 263 Å². The van der Waals surface area contributed by atoms with Gasteiger partial charge in [0.2, 0.25) is 11.8 Å². The third kappa shape index (κ3) is 8.19. The minimum atomic E-state index is -4.22. The number of benzene rings is 3. The summed E-state index contributed by atoms with van der Waals surface area (Å²) in [5.41, 5.74) is 2.21. The third-order valence-electron chi connectivity index (χ3n) is 6.93. The molecule has 0 unspecified atom stereocenters. The van der Waals surface area contributed by atoms with E-state index in [9.17, 15) is 18.0 Å². The quantitative estimate of drug-likeness (QED) is 0.198. The van der Waals surface area contributed by atoms with Crippen molar-refractivity contribution in [3.63, 3.8) is 0 Å². The van der Waals surface area contributed by atoms with Crippen molar-refractivity contribution in [3.8, 4) is 0 Å². The topological polar surface area (TPSA) is 86.8 Å². The minimum absolute atomic E-state index is 0.0188. The highest BCUT2D eigenvalue weighted by Gasteiger charge is 2.34. The van der Waals surface area contributed by atoms with Crippen molar-refractivity contribution in [3.05, 3.63) is 92.4 Å². The van der Waals surface area contributed by atoms with Gasteiger partial charge in [0.1, 0.15) is 12.6 Å². The predicted octanol–water partition coefficient (Wildman–Crippen LogP) is 7.18. The molecule has 0 saturated carbocycles. The summed E-state index contributed by atoms with van der Waals surface area (Å²) in [6, 6.07) is 15.3. The highest BCUT2D eigenvalue weighted by molar-refractivity contribution is 7.92. The SMILES string of the molecule is CCCCNC(=O)[C@@H](CC)N(Cc1c(Cl)cccc1Cl)C(=O)CN(c1cc(Cl)ccc1C)S(=O)(=O)c1ccc(C)cc1. The zero-order valence-corrected chi connectivity index (χ0v) is 27.2. The molecule has 1 atom stereocenters. The van der Waals surface area contributed by atoms with Crippen molar-refractivity contribution >= 4 is 62.3 Å². The van der Waals surface area contributed by atoms with Crippen LogP contribution in [-0.4, -0.2) is 44.3 Å². The number of hydrogen-bond acceptors (Lipinski definition) is 4. The number of carbonyl (C=O) groups excluding carboxylic acids is 2. The molecule has 0 heterocycles. The summed E-state index contributed by atoms with van der Waals surface area (Å²) in [5, 5.41) is 3.87. The van der Waals surface area contributed by atoms with Gasteiger partial charge in [0.25, 0.3) is 10.0 Å². The van der Waals surface area contributed by atoms with Gasteiger partial charge in [0.05, 0.1) is 10.6 Å². The molecule has 0 spiro atoms. The molecular formula is C31H36Cl3N3O4S. The van der Waals surface area contributed by atoms with Gasteiger partial charge in [-0.05, 0) is 68.7 Å². The van der Waals surface area contributed by atoms with E-state index in [4.69, 9.17) is 34.8 Å². The standard InChI is InChI=1S/C31H36Cl3N3O4S/c1-5-7-17-35-31(39)28(6-2)36(19-25-26(33)9-8-10-27(25)34)30(38)20-37(29-18-23(32)14-13-22(29)4)42(40,41)24-15-11-21(3)12-16-24/h8-16,18,28H,5-7,17,19-20H2,1-4H3,(H,35,39)/t28-/m1/s1. The van der Waals surface area contributed by atoms with Crippen LogP contribution in [0.1, 0.15) is 49.8 Å². The Morgan fingerprint density at radius 2 is 1.57 bits per heavy atom. The number of halogens is 3. The summed E-state index contributed by atoms with van der Waals surface area (Å²) < 4.78 is 29.2. The van der Waals surface area contributed by atoms with E-state index in [0.29, 0.717) is 32.7 Å². The Balaban J connectivity index is 2.12. The van der Waals surface area contributed by atoms with E-state index in [0.717, 1.165) is 22.7 Å². The van der Waals surface area contributed by atoms with Crippen LogP contribution < -0.4 is 9.62 Å². The number of aryl methyl sites for hydroxylation is 2. The molecule has 2 amide bonds. The second-order valence-corrected chi connectivity index (χ2v) is 13.2. The van der Waals surface area contributed by atoms with Crippen LogP contribution in [0.4, 0.5) is 5.69 Å². The van der Waals surface area contributed by atoms with E-state index in [1.165, 1.54) is 23.1 Å². The molecule has 226 valence electrons. The summed E-state index contributed by atoms with van der Waals surface area (Å²) in [6.07, 6.45) is 1.95. The van der Waals surface area contributed by atoms with Gasteiger partial charge in [-0.2, -0.15) is 0 Å². The Morgan fingerprint density at radius 3 is 2.17 bits per heavy atom. The average Bonchev–Trinajstić information content (AvgIpc) is 2.94. The summed E-state index contributed by atoms with van der Waals surface area (Å²) >= 11 is 19.2. The molecule has 11 heteroatoms. The maximum absolute atomic E-state index is 14.2. The largest absolute Gasteiger partial charge is 0.354 e. The first-order valence-corrected chi connectivity index (χ1v) is 16.3. The predicted molar refractivity (Wildman–Crippen MR) is 171 cm³/mol. The van der Waals surface area contributed by atoms with Crippen LogP contribution in [0.5, 0.6) is 0 Å². The number of nitrogens with zero attached hydrogens (tertiary/aromatic N) is 2. The van der Waals surface area contributed by atoms with E-state index < -0.39 is 28.5 Å². The van der Waals surface area contributed by atoms with Gasteiger partial charge in [0.15, 0.2) is 0 Å². The van der Waals surface area contributed by atoms with Gasteiger partial charge < -0.3 is 10.2 Å². The molecule has 0 aliphatic heterocycles. The lowest BCUT2D eigenvalue weighted by Crippen LogP contribution is -2.52. The fourth-order valence-corrected chi connectivity index (χ4v) is 6.64. The first kappa shape index (κ1) is 33.7. The van der Waals surface area contributed by atoms with Crippen molar-refractivity contribution < 1.29 is 18.0 Å². The fourth-order valence-electron chi connectivity index (χ4n) is 4.48. The lowest BCUT2D eigenvalue weighted by atomic mass is 10.1. The number of nitrogens with one attached hydrogen (secondary N) is 1. The van der Waals surface area contributed by atoms with Gasteiger partial charge in [-0.25, -0.2) is 8.42 Å². The van der Waals surface area contributed by atoms with Crippen molar-refractivity contribution in [2.45, 2.75) is 64.4 Å².